The Hall–Kier alpha value is -1.26. The second kappa shape index (κ2) is 6.35. The molecule has 0 bridgehead atoms. The van der Waals surface area contributed by atoms with E-state index >= 15 is 0 Å². The summed E-state index contributed by atoms with van der Waals surface area (Å²) in [5.41, 5.74) is -0.485. The van der Waals surface area contributed by atoms with Gasteiger partial charge < -0.3 is 14.4 Å². The minimum atomic E-state index is -0.485. The van der Waals surface area contributed by atoms with Crippen molar-refractivity contribution in [1.29, 1.82) is 0 Å². The average molecular weight is 231 g/mol. The van der Waals surface area contributed by atoms with Crippen LogP contribution < -0.4 is 0 Å². The summed E-state index contributed by atoms with van der Waals surface area (Å²) in [6, 6.07) is 0. The Morgan fingerprint density at radius 3 is 2.25 bits per heavy atom. The van der Waals surface area contributed by atoms with Crippen LogP contribution in [0.2, 0.25) is 0 Å². The minimum absolute atomic E-state index is 0.306. The average Bonchev–Trinajstić information content (AvgIpc) is 2.08. The predicted molar refractivity (Wildman–Crippen MR) is 60.1 cm³/mol. The van der Waals surface area contributed by atoms with Crippen LogP contribution in [0.15, 0.2) is 0 Å². The van der Waals surface area contributed by atoms with E-state index in [0.29, 0.717) is 19.6 Å². The van der Waals surface area contributed by atoms with Crippen molar-refractivity contribution < 1.29 is 19.1 Å². The fraction of sp³-hybridized carbons (Fsp3) is 0.818. The third-order valence-electron chi connectivity index (χ3n) is 1.65. The fourth-order valence-corrected chi connectivity index (χ4v) is 0.949. The van der Waals surface area contributed by atoms with Gasteiger partial charge in [-0.25, -0.2) is 4.79 Å². The van der Waals surface area contributed by atoms with E-state index in [0.717, 1.165) is 0 Å². The van der Waals surface area contributed by atoms with Gasteiger partial charge in [-0.1, -0.05) is 0 Å². The van der Waals surface area contributed by atoms with Gasteiger partial charge >= 0.3 is 12.1 Å². The summed E-state index contributed by atoms with van der Waals surface area (Å²) in [5.74, 6) is -0.306. The first-order chi connectivity index (χ1) is 7.22. The summed E-state index contributed by atoms with van der Waals surface area (Å²) in [4.78, 5) is 23.4. The van der Waals surface area contributed by atoms with Gasteiger partial charge in [0.05, 0.1) is 6.61 Å². The maximum atomic E-state index is 11.5. The monoisotopic (exact) mass is 231 g/mol. The van der Waals surface area contributed by atoms with Crippen molar-refractivity contribution in [3.63, 3.8) is 0 Å². The smallest absolute Gasteiger partial charge is 0.410 e. The molecule has 0 N–H and O–H groups in total. The maximum Gasteiger partial charge on any atom is 0.410 e. The van der Waals surface area contributed by atoms with Crippen molar-refractivity contribution in [3.8, 4) is 0 Å². The number of esters is 1. The Bertz CT molecular complexity index is 245. The molecular formula is C11H21NO4. The molecule has 0 aromatic rings. The molecule has 0 fully saturated rings. The van der Waals surface area contributed by atoms with Crippen molar-refractivity contribution >= 4 is 12.1 Å². The van der Waals surface area contributed by atoms with Gasteiger partial charge in [0.15, 0.2) is 0 Å². The molecule has 0 spiro atoms. The van der Waals surface area contributed by atoms with E-state index < -0.39 is 5.60 Å². The van der Waals surface area contributed by atoms with Gasteiger partial charge in [-0.3, -0.25) is 4.79 Å². The Balaban J connectivity index is 3.76. The van der Waals surface area contributed by atoms with Gasteiger partial charge in [0.25, 0.3) is 0 Å². The van der Waals surface area contributed by atoms with Crippen LogP contribution in [0.1, 0.15) is 34.1 Å². The number of hydrogen-bond acceptors (Lipinski definition) is 4. The molecule has 0 radical (unpaired) electrons. The van der Waals surface area contributed by atoms with E-state index in [1.165, 1.54) is 11.8 Å². The number of nitrogens with zero attached hydrogens (tertiary/aromatic N) is 1. The van der Waals surface area contributed by atoms with Gasteiger partial charge in [-0.2, -0.15) is 0 Å². The van der Waals surface area contributed by atoms with Crippen LogP contribution in [-0.4, -0.2) is 42.8 Å². The Morgan fingerprint density at radius 2 is 1.81 bits per heavy atom. The Morgan fingerprint density at radius 1 is 1.25 bits per heavy atom. The summed E-state index contributed by atoms with van der Waals surface area (Å²) >= 11 is 0. The molecular weight excluding hydrogens is 210 g/mol. The highest BCUT2D eigenvalue weighted by molar-refractivity contribution is 5.67. The molecule has 0 saturated heterocycles. The lowest BCUT2D eigenvalue weighted by atomic mass is 10.2. The van der Waals surface area contributed by atoms with E-state index in [9.17, 15) is 9.59 Å². The predicted octanol–water partition coefficient (Wildman–Crippen LogP) is 1.81. The van der Waals surface area contributed by atoms with E-state index in [4.69, 9.17) is 9.47 Å². The van der Waals surface area contributed by atoms with Gasteiger partial charge in [-0.15, -0.1) is 0 Å². The molecule has 1 amide bonds. The van der Waals surface area contributed by atoms with Crippen LogP contribution >= 0.6 is 0 Å². The number of hydrogen-bond donors (Lipinski definition) is 0. The molecule has 0 rings (SSSR count). The summed E-state index contributed by atoms with van der Waals surface area (Å²) in [5, 5.41) is 0. The van der Waals surface area contributed by atoms with Gasteiger partial charge in [0.1, 0.15) is 5.60 Å². The van der Waals surface area contributed by atoms with E-state index in [1.807, 2.05) is 20.8 Å². The molecule has 0 aromatic heterocycles. The molecule has 5 nitrogen and oxygen atoms in total. The second-order valence-corrected chi connectivity index (χ2v) is 4.60. The first kappa shape index (κ1) is 14.7. The molecule has 16 heavy (non-hydrogen) atoms. The van der Waals surface area contributed by atoms with Crippen LogP contribution in [0.3, 0.4) is 0 Å². The zero-order chi connectivity index (χ0) is 12.8. The summed E-state index contributed by atoms with van der Waals surface area (Å²) in [7, 11) is 1.65. The van der Waals surface area contributed by atoms with Crippen LogP contribution in [0.4, 0.5) is 4.79 Å². The SMILES string of the molecule is CC(=O)OCCCN(C)C(=O)OC(C)(C)C. The molecule has 0 aliphatic carbocycles. The lowest BCUT2D eigenvalue weighted by Crippen LogP contribution is -2.35. The molecule has 0 atom stereocenters. The third kappa shape index (κ3) is 8.08. The molecule has 0 unspecified atom stereocenters. The normalized spacial score (nSPS) is 10.8. The Kier molecular flexibility index (Phi) is 5.85. The zero-order valence-electron chi connectivity index (χ0n) is 10.7. The van der Waals surface area contributed by atoms with Crippen LogP contribution in [0.25, 0.3) is 0 Å². The van der Waals surface area contributed by atoms with E-state index in [1.54, 1.807) is 7.05 Å². The first-order valence-corrected chi connectivity index (χ1v) is 5.30. The highest BCUT2D eigenvalue weighted by Crippen LogP contribution is 2.09. The first-order valence-electron chi connectivity index (χ1n) is 5.30. The number of amides is 1. The maximum absolute atomic E-state index is 11.5. The van der Waals surface area contributed by atoms with Crippen LogP contribution in [-0.2, 0) is 14.3 Å². The summed E-state index contributed by atoms with van der Waals surface area (Å²) in [6.45, 7) is 7.63. The van der Waals surface area contributed by atoms with Gasteiger partial charge in [-0.05, 0) is 27.2 Å². The van der Waals surface area contributed by atoms with Crippen molar-refractivity contribution in [2.45, 2.75) is 39.7 Å². The quantitative estimate of drug-likeness (QED) is 0.547. The number of carbonyl (C=O) groups excluding carboxylic acids is 2. The molecule has 0 aromatic carbocycles. The highest BCUT2D eigenvalue weighted by Gasteiger charge is 2.19. The summed E-state index contributed by atoms with van der Waals surface area (Å²) in [6.07, 6.45) is 0.241. The second-order valence-electron chi connectivity index (χ2n) is 4.60. The lowest BCUT2D eigenvalue weighted by Gasteiger charge is -2.24. The molecule has 0 saturated carbocycles. The van der Waals surface area contributed by atoms with Crippen molar-refractivity contribution in [2.75, 3.05) is 20.2 Å². The lowest BCUT2D eigenvalue weighted by molar-refractivity contribution is -0.141. The van der Waals surface area contributed by atoms with Crippen LogP contribution in [0, 0.1) is 0 Å². The molecule has 94 valence electrons. The minimum Gasteiger partial charge on any atom is -0.466 e. The highest BCUT2D eigenvalue weighted by atomic mass is 16.6. The number of carbonyl (C=O) groups is 2. The fourth-order valence-electron chi connectivity index (χ4n) is 0.949. The zero-order valence-corrected chi connectivity index (χ0v) is 10.7. The van der Waals surface area contributed by atoms with E-state index in [2.05, 4.69) is 0 Å². The standard InChI is InChI=1S/C11H21NO4/c1-9(13)15-8-6-7-12(5)10(14)16-11(2,3)4/h6-8H2,1-5H3. The van der Waals surface area contributed by atoms with Gasteiger partial charge in [0.2, 0.25) is 0 Å². The van der Waals surface area contributed by atoms with Crippen LogP contribution in [0.5, 0.6) is 0 Å². The number of rotatable bonds is 4. The topological polar surface area (TPSA) is 55.8 Å². The molecule has 0 aliphatic rings. The third-order valence-corrected chi connectivity index (χ3v) is 1.65. The van der Waals surface area contributed by atoms with Crippen molar-refractivity contribution in [3.05, 3.63) is 0 Å². The molecule has 0 heterocycles. The summed E-state index contributed by atoms with van der Waals surface area (Å²) < 4.78 is 9.91. The van der Waals surface area contributed by atoms with Crippen molar-refractivity contribution in [1.82, 2.24) is 4.90 Å². The largest absolute Gasteiger partial charge is 0.466 e. The van der Waals surface area contributed by atoms with Gasteiger partial charge in [0, 0.05) is 20.5 Å². The number of ether oxygens (including phenoxy) is 2. The molecule has 0 aliphatic heterocycles. The molecule has 5 heteroatoms. The Labute approximate surface area is 96.7 Å². The van der Waals surface area contributed by atoms with E-state index in [-0.39, 0.29) is 12.1 Å². The van der Waals surface area contributed by atoms with Crippen molar-refractivity contribution in [2.24, 2.45) is 0 Å².